The summed E-state index contributed by atoms with van der Waals surface area (Å²) >= 11 is 0. The first kappa shape index (κ1) is 16.7. The summed E-state index contributed by atoms with van der Waals surface area (Å²) in [6, 6.07) is -1.48. The fraction of sp³-hybridized carbons (Fsp3) is 0.846. The Morgan fingerprint density at radius 2 is 2.10 bits per heavy atom. The predicted molar refractivity (Wildman–Crippen MR) is 72.6 cm³/mol. The maximum Gasteiger partial charge on any atom is 0.326 e. The molecule has 2 unspecified atom stereocenters. The average molecular weight is 288 g/mol. The van der Waals surface area contributed by atoms with Gasteiger partial charge in [-0.3, -0.25) is 0 Å². The van der Waals surface area contributed by atoms with E-state index in [1.807, 2.05) is 0 Å². The number of aliphatic carboxylic acids is 1. The molecule has 0 aliphatic carbocycles. The number of hydrogen-bond acceptors (Lipinski definition) is 4. The Hall–Kier alpha value is -1.34. The number of carbonyl (C=O) groups excluding carboxylic acids is 1. The Morgan fingerprint density at radius 3 is 2.50 bits per heavy atom. The quantitative estimate of drug-likeness (QED) is 0.688. The molecule has 1 saturated heterocycles. The van der Waals surface area contributed by atoms with Crippen LogP contribution in [0.25, 0.3) is 0 Å². The Bertz CT molecular complexity index is 358. The molecular weight excluding hydrogens is 264 g/mol. The molecule has 7 nitrogen and oxygen atoms in total. The second-order valence-corrected chi connectivity index (χ2v) is 6.15. The minimum Gasteiger partial charge on any atom is -0.480 e. The summed E-state index contributed by atoms with van der Waals surface area (Å²) in [7, 11) is 1.57. The van der Waals surface area contributed by atoms with Crippen LogP contribution in [0.5, 0.6) is 0 Å². The molecule has 7 heteroatoms. The molecule has 0 saturated carbocycles. The molecule has 1 fully saturated rings. The molecule has 1 heterocycles. The third-order valence-corrected chi connectivity index (χ3v) is 3.46. The second-order valence-electron chi connectivity index (χ2n) is 6.15. The molecule has 0 bridgehead atoms. The third kappa shape index (κ3) is 4.35. The Labute approximate surface area is 119 Å². The predicted octanol–water partition coefficient (Wildman–Crippen LogP) is 0.590. The lowest BCUT2D eigenvalue weighted by atomic mass is 9.87. The molecule has 3 N–H and O–H groups in total. The van der Waals surface area contributed by atoms with Crippen LogP contribution in [0.3, 0.4) is 0 Å². The fourth-order valence-electron chi connectivity index (χ4n) is 2.03. The summed E-state index contributed by atoms with van der Waals surface area (Å²) in [4.78, 5) is 23.0. The number of ether oxygens (including phenoxy) is 2. The van der Waals surface area contributed by atoms with E-state index >= 15 is 0 Å². The van der Waals surface area contributed by atoms with Crippen molar-refractivity contribution in [2.75, 3.05) is 26.9 Å². The van der Waals surface area contributed by atoms with E-state index in [-0.39, 0.29) is 6.54 Å². The molecular formula is C13H24N2O5. The van der Waals surface area contributed by atoms with E-state index in [1.165, 1.54) is 0 Å². The minimum atomic E-state index is -1.06. The topological polar surface area (TPSA) is 96.9 Å². The van der Waals surface area contributed by atoms with Crippen LogP contribution < -0.4 is 10.6 Å². The summed E-state index contributed by atoms with van der Waals surface area (Å²) in [5, 5.41) is 14.3. The van der Waals surface area contributed by atoms with Gasteiger partial charge < -0.3 is 25.2 Å². The highest BCUT2D eigenvalue weighted by Gasteiger charge is 2.36. The number of carboxylic acid groups (broad SMARTS) is 1. The molecule has 20 heavy (non-hydrogen) atoms. The van der Waals surface area contributed by atoms with Gasteiger partial charge in [-0.05, 0) is 5.41 Å². The summed E-state index contributed by atoms with van der Waals surface area (Å²) in [6.07, 6.45) is 0.700. The molecule has 0 aromatic heterocycles. The fourth-order valence-corrected chi connectivity index (χ4v) is 2.03. The van der Waals surface area contributed by atoms with Gasteiger partial charge in [0.1, 0.15) is 11.6 Å². The minimum absolute atomic E-state index is 0.284. The number of rotatable bonds is 5. The number of carboxylic acids is 1. The second kappa shape index (κ2) is 6.41. The molecule has 1 aliphatic rings. The van der Waals surface area contributed by atoms with Crippen molar-refractivity contribution in [1.29, 1.82) is 0 Å². The first-order valence-corrected chi connectivity index (χ1v) is 6.60. The van der Waals surface area contributed by atoms with E-state index in [2.05, 4.69) is 10.6 Å². The summed E-state index contributed by atoms with van der Waals surface area (Å²) < 4.78 is 10.7. The van der Waals surface area contributed by atoms with Gasteiger partial charge in [-0.25, -0.2) is 9.59 Å². The monoisotopic (exact) mass is 288 g/mol. The van der Waals surface area contributed by atoms with Crippen LogP contribution in [0.1, 0.15) is 27.2 Å². The highest BCUT2D eigenvalue weighted by atomic mass is 16.5. The van der Waals surface area contributed by atoms with Crippen LogP contribution in [0.2, 0.25) is 0 Å². The van der Waals surface area contributed by atoms with E-state index in [4.69, 9.17) is 14.6 Å². The Morgan fingerprint density at radius 1 is 1.45 bits per heavy atom. The molecule has 0 radical (unpaired) electrons. The molecule has 1 aliphatic heterocycles. The number of methoxy groups -OCH3 is 1. The molecule has 1 rings (SSSR count). The van der Waals surface area contributed by atoms with Gasteiger partial charge in [-0.2, -0.15) is 0 Å². The summed E-state index contributed by atoms with van der Waals surface area (Å²) in [5.74, 6) is -1.06. The first-order valence-electron chi connectivity index (χ1n) is 6.60. The van der Waals surface area contributed by atoms with E-state index in [0.717, 1.165) is 0 Å². The number of carbonyl (C=O) groups is 2. The van der Waals surface area contributed by atoms with Crippen LogP contribution >= 0.6 is 0 Å². The average Bonchev–Trinajstić information content (AvgIpc) is 2.81. The Kier molecular flexibility index (Phi) is 5.35. The van der Waals surface area contributed by atoms with E-state index in [1.54, 1.807) is 27.9 Å². The van der Waals surface area contributed by atoms with Gasteiger partial charge in [-0.15, -0.1) is 0 Å². The van der Waals surface area contributed by atoms with Gasteiger partial charge >= 0.3 is 12.0 Å². The number of amides is 2. The SMILES string of the molecule is COC1(CNC(=O)NC(C(=O)O)C(C)(C)C)CCOC1. The van der Waals surface area contributed by atoms with Crippen LogP contribution in [0.4, 0.5) is 4.79 Å². The van der Waals surface area contributed by atoms with Crippen molar-refractivity contribution < 1.29 is 24.2 Å². The normalized spacial score (nSPS) is 24.2. The zero-order valence-electron chi connectivity index (χ0n) is 12.5. The van der Waals surface area contributed by atoms with E-state index in [9.17, 15) is 9.59 Å². The zero-order chi connectivity index (χ0) is 15.4. The van der Waals surface area contributed by atoms with Crippen molar-refractivity contribution in [3.8, 4) is 0 Å². The van der Waals surface area contributed by atoms with Crippen molar-refractivity contribution in [2.45, 2.75) is 38.8 Å². The van der Waals surface area contributed by atoms with Gasteiger partial charge in [-0.1, -0.05) is 20.8 Å². The molecule has 0 spiro atoms. The van der Waals surface area contributed by atoms with Gasteiger partial charge in [0.25, 0.3) is 0 Å². The van der Waals surface area contributed by atoms with E-state index in [0.29, 0.717) is 19.6 Å². The number of nitrogens with one attached hydrogen (secondary N) is 2. The summed E-state index contributed by atoms with van der Waals surface area (Å²) in [5.41, 5.74) is -1.09. The van der Waals surface area contributed by atoms with Crippen molar-refractivity contribution in [3.05, 3.63) is 0 Å². The summed E-state index contributed by atoms with van der Waals surface area (Å²) in [6.45, 7) is 6.57. The smallest absolute Gasteiger partial charge is 0.326 e. The van der Waals surface area contributed by atoms with Gasteiger partial charge in [0.05, 0.1) is 13.2 Å². The van der Waals surface area contributed by atoms with Crippen molar-refractivity contribution in [2.24, 2.45) is 5.41 Å². The first-order chi connectivity index (χ1) is 9.20. The van der Waals surface area contributed by atoms with Crippen molar-refractivity contribution in [1.82, 2.24) is 10.6 Å². The zero-order valence-corrected chi connectivity index (χ0v) is 12.5. The van der Waals surface area contributed by atoms with Gasteiger partial charge in [0.2, 0.25) is 0 Å². The largest absolute Gasteiger partial charge is 0.480 e. The molecule has 2 atom stereocenters. The molecule has 0 aromatic carbocycles. The maximum absolute atomic E-state index is 11.8. The van der Waals surface area contributed by atoms with Crippen LogP contribution in [0, 0.1) is 5.41 Å². The third-order valence-electron chi connectivity index (χ3n) is 3.46. The maximum atomic E-state index is 11.8. The lowest BCUT2D eigenvalue weighted by molar-refractivity contribution is -0.141. The van der Waals surface area contributed by atoms with Gasteiger partial charge in [0.15, 0.2) is 0 Å². The number of urea groups is 1. The van der Waals surface area contributed by atoms with Crippen LogP contribution in [-0.4, -0.2) is 55.6 Å². The molecule has 116 valence electrons. The van der Waals surface area contributed by atoms with Crippen molar-refractivity contribution >= 4 is 12.0 Å². The highest BCUT2D eigenvalue weighted by molar-refractivity contribution is 5.83. The lowest BCUT2D eigenvalue weighted by Gasteiger charge is -2.29. The van der Waals surface area contributed by atoms with E-state index < -0.39 is 29.1 Å². The highest BCUT2D eigenvalue weighted by Crippen LogP contribution is 2.22. The van der Waals surface area contributed by atoms with Gasteiger partial charge in [0, 0.05) is 20.1 Å². The lowest BCUT2D eigenvalue weighted by Crippen LogP contribution is -2.55. The standard InChI is InChI=1S/C13H24N2O5/c1-12(2,3)9(10(16)17)15-11(18)14-7-13(19-4)5-6-20-8-13/h9H,5-8H2,1-4H3,(H,16,17)(H2,14,15,18). The molecule has 0 aromatic rings. The number of hydrogen-bond donors (Lipinski definition) is 3. The van der Waals surface area contributed by atoms with Crippen LogP contribution in [-0.2, 0) is 14.3 Å². The Balaban J connectivity index is 2.52. The van der Waals surface area contributed by atoms with Crippen molar-refractivity contribution in [3.63, 3.8) is 0 Å². The van der Waals surface area contributed by atoms with Crippen LogP contribution in [0.15, 0.2) is 0 Å². The molecule has 2 amide bonds.